The van der Waals surface area contributed by atoms with Crippen LogP contribution in [0.2, 0.25) is 0 Å². The number of hydrogen-bond acceptors (Lipinski definition) is 3. The molecule has 4 nitrogen and oxygen atoms in total. The minimum atomic E-state index is -3.69. The number of aryl methyl sites for hydroxylation is 2. The first-order valence-electron chi connectivity index (χ1n) is 7.88. The molecule has 128 valence electrons. The Morgan fingerprint density at radius 3 is 2.16 bits per heavy atom. The Morgan fingerprint density at radius 1 is 0.800 bits per heavy atom. The standard InChI is InChI=1S/C20H19NO3S/c1-15-11-13-18(14-12-15)25(22,23)21-19-10-6-7-16(2)20(19)24-17-8-4-3-5-9-17/h3-14,21H,1-2H3. The number of nitrogens with one attached hydrogen (secondary N) is 1. The maximum Gasteiger partial charge on any atom is 0.262 e. The van der Waals surface area contributed by atoms with Gasteiger partial charge in [0.2, 0.25) is 0 Å². The molecule has 0 fully saturated rings. The zero-order valence-electron chi connectivity index (χ0n) is 14.1. The summed E-state index contributed by atoms with van der Waals surface area (Å²) in [6, 6.07) is 21.3. The monoisotopic (exact) mass is 353 g/mol. The van der Waals surface area contributed by atoms with Crippen LogP contribution in [-0.4, -0.2) is 8.42 Å². The Kier molecular flexibility index (Phi) is 4.76. The molecule has 0 aliphatic carbocycles. The minimum absolute atomic E-state index is 0.213. The largest absolute Gasteiger partial charge is 0.455 e. The lowest BCUT2D eigenvalue weighted by Gasteiger charge is -2.15. The average Bonchev–Trinajstić information content (AvgIpc) is 2.59. The van der Waals surface area contributed by atoms with Crippen LogP contribution in [0.4, 0.5) is 5.69 Å². The number of benzene rings is 3. The molecular formula is C20H19NO3S. The second kappa shape index (κ2) is 6.99. The van der Waals surface area contributed by atoms with Crippen LogP contribution in [0.3, 0.4) is 0 Å². The molecular weight excluding hydrogens is 334 g/mol. The van der Waals surface area contributed by atoms with Gasteiger partial charge in [-0.15, -0.1) is 0 Å². The summed E-state index contributed by atoms with van der Waals surface area (Å²) in [6.45, 7) is 3.79. The maximum absolute atomic E-state index is 12.7. The zero-order valence-corrected chi connectivity index (χ0v) is 14.9. The first-order valence-corrected chi connectivity index (χ1v) is 9.36. The number of ether oxygens (including phenoxy) is 1. The molecule has 0 aromatic heterocycles. The van der Waals surface area contributed by atoms with Crippen LogP contribution in [0.15, 0.2) is 77.7 Å². The van der Waals surface area contributed by atoms with Crippen LogP contribution in [-0.2, 0) is 10.0 Å². The SMILES string of the molecule is Cc1ccc(S(=O)(=O)Nc2cccc(C)c2Oc2ccccc2)cc1. The van der Waals surface area contributed by atoms with Gasteiger partial charge in [0.15, 0.2) is 5.75 Å². The van der Waals surface area contributed by atoms with Gasteiger partial charge in [0.05, 0.1) is 10.6 Å². The van der Waals surface area contributed by atoms with E-state index >= 15 is 0 Å². The summed E-state index contributed by atoms with van der Waals surface area (Å²) in [6.07, 6.45) is 0. The van der Waals surface area contributed by atoms with Crippen molar-refractivity contribution in [1.29, 1.82) is 0 Å². The predicted octanol–water partition coefficient (Wildman–Crippen LogP) is 4.90. The van der Waals surface area contributed by atoms with Gasteiger partial charge < -0.3 is 4.74 Å². The van der Waals surface area contributed by atoms with Gasteiger partial charge >= 0.3 is 0 Å². The second-order valence-electron chi connectivity index (χ2n) is 5.79. The molecule has 5 heteroatoms. The predicted molar refractivity (Wildman–Crippen MR) is 99.7 cm³/mol. The molecule has 0 atom stereocenters. The van der Waals surface area contributed by atoms with Gasteiger partial charge in [-0.1, -0.05) is 48.0 Å². The molecule has 3 rings (SSSR count). The summed E-state index contributed by atoms with van der Waals surface area (Å²) in [5.74, 6) is 1.14. The van der Waals surface area contributed by atoms with E-state index in [1.165, 1.54) is 0 Å². The maximum atomic E-state index is 12.7. The van der Waals surface area contributed by atoms with E-state index < -0.39 is 10.0 Å². The van der Waals surface area contributed by atoms with E-state index in [1.807, 2.05) is 50.2 Å². The Labute approximate surface area is 148 Å². The van der Waals surface area contributed by atoms with Crippen molar-refractivity contribution in [2.45, 2.75) is 18.7 Å². The summed E-state index contributed by atoms with van der Waals surface area (Å²) in [5.41, 5.74) is 2.25. The number of hydrogen-bond donors (Lipinski definition) is 1. The van der Waals surface area contributed by atoms with Crippen molar-refractivity contribution in [3.8, 4) is 11.5 Å². The third-order valence-corrected chi connectivity index (χ3v) is 5.13. The van der Waals surface area contributed by atoms with E-state index in [2.05, 4.69) is 4.72 Å². The first kappa shape index (κ1) is 17.0. The van der Waals surface area contributed by atoms with E-state index in [-0.39, 0.29) is 4.90 Å². The topological polar surface area (TPSA) is 55.4 Å². The summed E-state index contributed by atoms with van der Waals surface area (Å²) in [4.78, 5) is 0.213. The molecule has 0 amide bonds. The van der Waals surface area contributed by atoms with E-state index in [4.69, 9.17) is 4.74 Å². The fourth-order valence-electron chi connectivity index (χ4n) is 2.40. The first-order chi connectivity index (χ1) is 12.0. The van der Waals surface area contributed by atoms with Gasteiger partial charge in [0.1, 0.15) is 5.75 Å². The summed E-state index contributed by atoms with van der Waals surface area (Å²) in [5, 5.41) is 0. The lowest BCUT2D eigenvalue weighted by molar-refractivity contribution is 0.481. The highest BCUT2D eigenvalue weighted by atomic mass is 32.2. The lowest BCUT2D eigenvalue weighted by atomic mass is 10.2. The van der Waals surface area contributed by atoms with Crippen LogP contribution in [0.25, 0.3) is 0 Å². The summed E-state index contributed by atoms with van der Waals surface area (Å²) < 4.78 is 33.9. The number of sulfonamides is 1. The molecule has 0 bridgehead atoms. The minimum Gasteiger partial charge on any atom is -0.455 e. The zero-order chi connectivity index (χ0) is 17.9. The molecule has 0 radical (unpaired) electrons. The smallest absolute Gasteiger partial charge is 0.262 e. The third-order valence-electron chi connectivity index (χ3n) is 3.75. The molecule has 3 aromatic carbocycles. The van der Waals surface area contributed by atoms with Crippen molar-refractivity contribution >= 4 is 15.7 Å². The van der Waals surface area contributed by atoms with Gasteiger partial charge in [-0.3, -0.25) is 4.72 Å². The molecule has 0 aliphatic rings. The highest BCUT2D eigenvalue weighted by Gasteiger charge is 2.17. The van der Waals surface area contributed by atoms with Crippen molar-refractivity contribution in [1.82, 2.24) is 0 Å². The van der Waals surface area contributed by atoms with Crippen molar-refractivity contribution in [3.05, 3.63) is 83.9 Å². The molecule has 0 saturated carbocycles. The Balaban J connectivity index is 1.95. The number of rotatable bonds is 5. The summed E-state index contributed by atoms with van der Waals surface area (Å²) in [7, 11) is -3.69. The van der Waals surface area contributed by atoms with Crippen LogP contribution in [0, 0.1) is 13.8 Å². The average molecular weight is 353 g/mol. The van der Waals surface area contributed by atoms with Crippen LogP contribution < -0.4 is 9.46 Å². The second-order valence-corrected chi connectivity index (χ2v) is 7.47. The molecule has 25 heavy (non-hydrogen) atoms. The van der Waals surface area contributed by atoms with Crippen LogP contribution >= 0.6 is 0 Å². The molecule has 1 N–H and O–H groups in total. The normalized spacial score (nSPS) is 11.1. The fraction of sp³-hybridized carbons (Fsp3) is 0.100. The Bertz CT molecular complexity index is 966. The lowest BCUT2D eigenvalue weighted by Crippen LogP contribution is -2.13. The van der Waals surface area contributed by atoms with Crippen LogP contribution in [0.1, 0.15) is 11.1 Å². The Morgan fingerprint density at radius 2 is 1.48 bits per heavy atom. The molecule has 0 heterocycles. The third kappa shape index (κ3) is 4.00. The van der Waals surface area contributed by atoms with Gasteiger partial charge in [-0.25, -0.2) is 8.42 Å². The van der Waals surface area contributed by atoms with Crippen molar-refractivity contribution in [3.63, 3.8) is 0 Å². The molecule has 0 spiro atoms. The molecule has 0 aliphatic heterocycles. The fourth-order valence-corrected chi connectivity index (χ4v) is 3.46. The van der Waals surface area contributed by atoms with E-state index in [9.17, 15) is 8.42 Å². The number of anilines is 1. The van der Waals surface area contributed by atoms with Gasteiger partial charge in [0.25, 0.3) is 10.0 Å². The van der Waals surface area contributed by atoms with Gasteiger partial charge in [-0.05, 0) is 49.7 Å². The van der Waals surface area contributed by atoms with Gasteiger partial charge in [0, 0.05) is 0 Å². The highest BCUT2D eigenvalue weighted by molar-refractivity contribution is 7.92. The summed E-state index contributed by atoms with van der Waals surface area (Å²) >= 11 is 0. The quantitative estimate of drug-likeness (QED) is 0.710. The number of para-hydroxylation sites is 2. The van der Waals surface area contributed by atoms with E-state index in [0.717, 1.165) is 11.1 Å². The Hall–Kier alpha value is -2.79. The molecule has 0 saturated heterocycles. The van der Waals surface area contributed by atoms with Crippen molar-refractivity contribution < 1.29 is 13.2 Å². The van der Waals surface area contributed by atoms with Crippen molar-refractivity contribution in [2.75, 3.05) is 4.72 Å². The molecule has 0 unspecified atom stereocenters. The van der Waals surface area contributed by atoms with Crippen LogP contribution in [0.5, 0.6) is 11.5 Å². The van der Waals surface area contributed by atoms with E-state index in [1.54, 1.807) is 36.4 Å². The molecule has 3 aromatic rings. The van der Waals surface area contributed by atoms with Gasteiger partial charge in [-0.2, -0.15) is 0 Å². The van der Waals surface area contributed by atoms with Crippen molar-refractivity contribution in [2.24, 2.45) is 0 Å². The highest BCUT2D eigenvalue weighted by Crippen LogP contribution is 2.34. The van der Waals surface area contributed by atoms with E-state index in [0.29, 0.717) is 17.2 Å².